The van der Waals surface area contributed by atoms with Crippen LogP contribution in [0.4, 0.5) is 0 Å². The highest BCUT2D eigenvalue weighted by atomic mass is 16.4. The third-order valence-corrected chi connectivity index (χ3v) is 4.70. The molecule has 1 aromatic carbocycles. The molecule has 2 fully saturated rings. The Morgan fingerprint density at radius 2 is 1.90 bits per heavy atom. The van der Waals surface area contributed by atoms with Gasteiger partial charge in [-0.25, -0.2) is 0 Å². The molecule has 0 amide bonds. The molecular formula is C16H21NO3. The maximum Gasteiger partial charge on any atom is 0.314 e. The number of rotatable bonds is 4. The second kappa shape index (κ2) is 5.19. The number of hydrogen-bond donors (Lipinski definition) is 2. The molecule has 1 heterocycles. The van der Waals surface area contributed by atoms with Crippen LogP contribution in [0.5, 0.6) is 0 Å². The number of aliphatic carboxylic acids is 1. The fourth-order valence-electron chi connectivity index (χ4n) is 3.56. The minimum atomic E-state index is -0.879. The van der Waals surface area contributed by atoms with Crippen LogP contribution in [-0.4, -0.2) is 40.3 Å². The van der Waals surface area contributed by atoms with Crippen LogP contribution in [-0.2, 0) is 16.8 Å². The quantitative estimate of drug-likeness (QED) is 0.879. The van der Waals surface area contributed by atoms with Crippen molar-refractivity contribution in [3.8, 4) is 0 Å². The number of hydrogen-bond acceptors (Lipinski definition) is 3. The highest BCUT2D eigenvalue weighted by Crippen LogP contribution is 2.45. The summed E-state index contributed by atoms with van der Waals surface area (Å²) in [7, 11) is 0. The Hall–Kier alpha value is -1.39. The minimum absolute atomic E-state index is 0.333. The summed E-state index contributed by atoms with van der Waals surface area (Å²) >= 11 is 0. The van der Waals surface area contributed by atoms with E-state index in [0.29, 0.717) is 12.8 Å². The Bertz CT molecular complexity index is 502. The number of likely N-dealkylation sites (tertiary alicyclic amines) is 1. The largest absolute Gasteiger partial charge is 0.481 e. The monoisotopic (exact) mass is 275 g/mol. The molecule has 1 aliphatic carbocycles. The second-order valence-electron chi connectivity index (χ2n) is 6.09. The zero-order chi connectivity index (χ0) is 14.2. The van der Waals surface area contributed by atoms with Gasteiger partial charge < -0.3 is 10.2 Å². The fourth-order valence-corrected chi connectivity index (χ4v) is 3.56. The van der Waals surface area contributed by atoms with Gasteiger partial charge in [0.05, 0.1) is 11.5 Å². The van der Waals surface area contributed by atoms with Gasteiger partial charge in [0.25, 0.3) is 0 Å². The molecule has 0 unspecified atom stereocenters. The van der Waals surface area contributed by atoms with Gasteiger partial charge in [0.2, 0.25) is 0 Å². The number of carbonyl (C=O) groups is 1. The topological polar surface area (TPSA) is 60.8 Å². The molecule has 0 radical (unpaired) electrons. The minimum Gasteiger partial charge on any atom is -0.481 e. The van der Waals surface area contributed by atoms with E-state index in [1.54, 1.807) is 0 Å². The molecule has 20 heavy (non-hydrogen) atoms. The summed E-state index contributed by atoms with van der Waals surface area (Å²) < 4.78 is 0. The molecule has 0 aromatic heterocycles. The summed E-state index contributed by atoms with van der Waals surface area (Å²) in [6.07, 6.45) is 2.64. The Labute approximate surface area is 119 Å². The lowest BCUT2D eigenvalue weighted by Crippen LogP contribution is -2.51. The van der Waals surface area contributed by atoms with E-state index < -0.39 is 17.5 Å². The van der Waals surface area contributed by atoms with Crippen molar-refractivity contribution in [3.05, 3.63) is 35.4 Å². The summed E-state index contributed by atoms with van der Waals surface area (Å²) in [6.45, 7) is 3.01. The first-order chi connectivity index (χ1) is 9.62. The van der Waals surface area contributed by atoms with Crippen LogP contribution in [0, 0.1) is 0 Å². The first-order valence-corrected chi connectivity index (χ1v) is 7.34. The highest BCUT2D eigenvalue weighted by molar-refractivity contribution is 5.83. The van der Waals surface area contributed by atoms with Gasteiger partial charge in [-0.3, -0.25) is 9.69 Å². The maximum atomic E-state index is 11.7. The lowest BCUT2D eigenvalue weighted by molar-refractivity contribution is -0.153. The van der Waals surface area contributed by atoms with Crippen LogP contribution < -0.4 is 0 Å². The van der Waals surface area contributed by atoms with Gasteiger partial charge in [0, 0.05) is 6.54 Å². The Morgan fingerprint density at radius 1 is 1.25 bits per heavy atom. The van der Waals surface area contributed by atoms with Gasteiger partial charge in [0.1, 0.15) is 0 Å². The van der Waals surface area contributed by atoms with E-state index in [2.05, 4.69) is 4.90 Å². The van der Waals surface area contributed by atoms with Gasteiger partial charge in [-0.05, 0) is 49.9 Å². The van der Waals surface area contributed by atoms with Crippen molar-refractivity contribution in [1.29, 1.82) is 0 Å². The van der Waals surface area contributed by atoms with Gasteiger partial charge in [-0.15, -0.1) is 0 Å². The Morgan fingerprint density at radius 3 is 2.50 bits per heavy atom. The van der Waals surface area contributed by atoms with Crippen molar-refractivity contribution in [1.82, 2.24) is 4.90 Å². The number of carboxylic acids is 1. The van der Waals surface area contributed by atoms with Gasteiger partial charge >= 0.3 is 5.97 Å². The molecule has 1 saturated heterocycles. The molecule has 3 rings (SSSR count). The predicted octanol–water partition coefficient (Wildman–Crippen LogP) is 1.76. The van der Waals surface area contributed by atoms with Gasteiger partial charge in [-0.2, -0.15) is 0 Å². The molecule has 0 spiro atoms. The maximum absolute atomic E-state index is 11.7. The summed E-state index contributed by atoms with van der Waals surface area (Å²) in [5, 5.41) is 19.2. The summed E-state index contributed by atoms with van der Waals surface area (Å²) in [5.41, 5.74) is 1.11. The lowest BCUT2D eigenvalue weighted by Gasteiger charge is -2.43. The zero-order valence-electron chi connectivity index (χ0n) is 11.6. The van der Waals surface area contributed by atoms with Crippen LogP contribution in [0.2, 0.25) is 0 Å². The number of nitrogens with zero attached hydrogens (tertiary/aromatic N) is 1. The van der Waals surface area contributed by atoms with Crippen molar-refractivity contribution in [3.63, 3.8) is 0 Å². The van der Waals surface area contributed by atoms with E-state index in [0.717, 1.165) is 30.8 Å². The summed E-state index contributed by atoms with van der Waals surface area (Å²) in [4.78, 5) is 14.1. The van der Waals surface area contributed by atoms with Crippen molar-refractivity contribution >= 4 is 5.97 Å². The molecule has 0 atom stereocenters. The van der Waals surface area contributed by atoms with Crippen molar-refractivity contribution in [2.24, 2.45) is 0 Å². The molecule has 1 aromatic rings. The molecule has 2 N–H and O–H groups in total. The van der Waals surface area contributed by atoms with E-state index in [1.807, 2.05) is 24.3 Å². The average Bonchev–Trinajstić information content (AvgIpc) is 2.88. The average molecular weight is 275 g/mol. The molecule has 2 aliphatic rings. The number of aliphatic hydroxyl groups excluding tert-OH is 1. The van der Waals surface area contributed by atoms with E-state index >= 15 is 0 Å². The lowest BCUT2D eigenvalue weighted by atomic mass is 9.61. The normalized spacial score (nSPS) is 30.1. The van der Waals surface area contributed by atoms with E-state index in [4.69, 9.17) is 0 Å². The Kier molecular flexibility index (Phi) is 3.52. The van der Waals surface area contributed by atoms with Crippen molar-refractivity contribution in [2.45, 2.75) is 43.7 Å². The molecular weight excluding hydrogens is 254 g/mol. The summed E-state index contributed by atoms with van der Waals surface area (Å²) in [5.74, 6) is -0.809. The Balaban J connectivity index is 1.90. The molecule has 108 valence electrons. The van der Waals surface area contributed by atoms with Crippen molar-refractivity contribution < 1.29 is 15.0 Å². The smallest absolute Gasteiger partial charge is 0.314 e. The molecule has 4 nitrogen and oxygen atoms in total. The van der Waals surface area contributed by atoms with Gasteiger partial charge in [-0.1, -0.05) is 24.3 Å². The first kappa shape index (κ1) is 13.6. The third-order valence-electron chi connectivity index (χ3n) is 4.70. The van der Waals surface area contributed by atoms with Crippen LogP contribution in [0.15, 0.2) is 24.3 Å². The number of aliphatic hydroxyl groups is 1. The predicted molar refractivity (Wildman–Crippen MR) is 75.5 cm³/mol. The molecule has 4 heteroatoms. The zero-order valence-corrected chi connectivity index (χ0v) is 11.6. The van der Waals surface area contributed by atoms with Crippen LogP contribution >= 0.6 is 0 Å². The second-order valence-corrected chi connectivity index (χ2v) is 6.09. The van der Waals surface area contributed by atoms with E-state index in [1.165, 1.54) is 12.8 Å². The summed E-state index contributed by atoms with van der Waals surface area (Å²) in [6, 6.07) is 7.83. The molecule has 1 aliphatic heterocycles. The van der Waals surface area contributed by atoms with E-state index in [-0.39, 0.29) is 0 Å². The number of carboxylic acid groups (broad SMARTS) is 1. The highest BCUT2D eigenvalue weighted by Gasteiger charge is 2.52. The third kappa shape index (κ3) is 2.23. The first-order valence-electron chi connectivity index (χ1n) is 7.34. The molecule has 1 saturated carbocycles. The fraction of sp³-hybridized carbons (Fsp3) is 0.562. The van der Waals surface area contributed by atoms with Crippen LogP contribution in [0.25, 0.3) is 0 Å². The standard InChI is InChI=1S/C16H21NO3/c18-13-9-16(10-13,15(19)20)14-6-2-1-5-12(14)11-17-7-3-4-8-17/h1-2,5-6,13,18H,3-4,7-11H2,(H,19,20). The van der Waals surface area contributed by atoms with Crippen LogP contribution in [0.1, 0.15) is 36.8 Å². The van der Waals surface area contributed by atoms with Crippen molar-refractivity contribution in [2.75, 3.05) is 13.1 Å². The SMILES string of the molecule is O=C(O)C1(c2ccccc2CN2CCCC2)CC(O)C1. The molecule has 0 bridgehead atoms. The van der Waals surface area contributed by atoms with Gasteiger partial charge in [0.15, 0.2) is 0 Å². The van der Waals surface area contributed by atoms with Crippen LogP contribution in [0.3, 0.4) is 0 Å². The number of benzene rings is 1. The van der Waals surface area contributed by atoms with E-state index in [9.17, 15) is 15.0 Å².